The average Bonchev–Trinajstić information content (AvgIpc) is 2.78. The molecule has 0 bridgehead atoms. The van der Waals surface area contributed by atoms with Gasteiger partial charge >= 0.3 is 0 Å². The molecule has 2 aliphatic carbocycles. The van der Waals surface area contributed by atoms with E-state index in [4.69, 9.17) is 9.47 Å². The monoisotopic (exact) mass is 434 g/mol. The lowest BCUT2D eigenvalue weighted by molar-refractivity contribution is -0.187. The molecule has 0 saturated carbocycles. The van der Waals surface area contributed by atoms with Crippen LogP contribution in [-0.4, -0.2) is 45.2 Å². The molecule has 32 heavy (non-hydrogen) atoms. The maximum absolute atomic E-state index is 13.4. The van der Waals surface area contributed by atoms with Crippen LogP contribution in [0.25, 0.3) is 11.1 Å². The normalized spacial score (nSPS) is 25.2. The minimum atomic E-state index is -2.58. The van der Waals surface area contributed by atoms with Gasteiger partial charge in [0.05, 0.1) is 23.4 Å². The standard InChI is InChI=1S/C26H26O6/c1-15(2)31-23-19(17-11-7-5-8-12-17)21(27)25(23,29)26(30)22(28)20(24(26)32-16(3)4)18-13-9-6-10-14-18/h5-16,29-30H,1-4H3. The van der Waals surface area contributed by atoms with Crippen molar-refractivity contribution in [1.29, 1.82) is 0 Å². The minimum Gasteiger partial charge on any atom is -0.491 e. The largest absolute Gasteiger partial charge is 0.491 e. The Balaban J connectivity index is 1.90. The van der Waals surface area contributed by atoms with E-state index in [1.807, 2.05) is 0 Å². The molecule has 0 amide bonds. The minimum absolute atomic E-state index is 0.128. The van der Waals surface area contributed by atoms with Crippen molar-refractivity contribution in [2.45, 2.75) is 51.1 Å². The van der Waals surface area contributed by atoms with Crippen molar-refractivity contribution in [2.24, 2.45) is 0 Å². The number of hydrogen-bond donors (Lipinski definition) is 2. The molecule has 6 nitrogen and oxygen atoms in total. The van der Waals surface area contributed by atoms with Gasteiger partial charge in [0.15, 0.2) is 11.5 Å². The summed E-state index contributed by atoms with van der Waals surface area (Å²) < 4.78 is 11.6. The molecular formula is C26H26O6. The van der Waals surface area contributed by atoms with Gasteiger partial charge in [0, 0.05) is 0 Å². The number of benzene rings is 2. The number of aliphatic hydroxyl groups is 2. The van der Waals surface area contributed by atoms with E-state index in [1.165, 1.54) is 0 Å². The van der Waals surface area contributed by atoms with Crippen molar-refractivity contribution in [3.05, 3.63) is 83.3 Å². The summed E-state index contributed by atoms with van der Waals surface area (Å²) in [6, 6.07) is 17.4. The number of rotatable bonds is 7. The van der Waals surface area contributed by atoms with Gasteiger partial charge in [0.25, 0.3) is 0 Å². The van der Waals surface area contributed by atoms with E-state index < -0.39 is 35.0 Å². The van der Waals surface area contributed by atoms with Crippen molar-refractivity contribution in [3.8, 4) is 0 Å². The molecule has 0 saturated heterocycles. The van der Waals surface area contributed by atoms with Crippen LogP contribution in [0.4, 0.5) is 0 Å². The molecule has 2 atom stereocenters. The molecule has 0 aromatic heterocycles. The van der Waals surface area contributed by atoms with Crippen LogP contribution in [-0.2, 0) is 19.1 Å². The molecule has 2 aromatic rings. The Morgan fingerprint density at radius 3 is 1.22 bits per heavy atom. The lowest BCUT2D eigenvalue weighted by Gasteiger charge is -2.53. The number of Topliss-reactive ketones (excluding diaryl/α,β-unsaturated/α-hetero) is 2. The SMILES string of the molecule is CC(C)OC1=C(c2ccccc2)C(=O)C1(O)C1(O)C(=O)C(c2ccccc2)=C1OC(C)C. The van der Waals surface area contributed by atoms with Gasteiger partial charge in [-0.1, -0.05) is 60.7 Å². The van der Waals surface area contributed by atoms with Gasteiger partial charge in [-0.2, -0.15) is 0 Å². The first kappa shape index (κ1) is 22.0. The quantitative estimate of drug-likeness (QED) is 0.695. The van der Waals surface area contributed by atoms with Gasteiger partial charge in [0.1, 0.15) is 0 Å². The summed E-state index contributed by atoms with van der Waals surface area (Å²) >= 11 is 0. The van der Waals surface area contributed by atoms with Crippen LogP contribution in [0.5, 0.6) is 0 Å². The molecule has 0 fully saturated rings. The Labute approximate surface area is 186 Å². The van der Waals surface area contributed by atoms with E-state index in [2.05, 4.69) is 0 Å². The molecule has 0 heterocycles. The van der Waals surface area contributed by atoms with Crippen LogP contribution in [0.3, 0.4) is 0 Å². The molecule has 2 aliphatic rings. The molecule has 6 heteroatoms. The lowest BCUT2D eigenvalue weighted by atomic mass is 9.57. The second-order valence-corrected chi connectivity index (χ2v) is 8.55. The summed E-state index contributed by atoms with van der Waals surface area (Å²) in [6.45, 7) is 6.95. The molecule has 2 aromatic carbocycles. The fourth-order valence-corrected chi connectivity index (χ4v) is 4.16. The Morgan fingerprint density at radius 1 is 0.625 bits per heavy atom. The molecule has 0 spiro atoms. The van der Waals surface area contributed by atoms with Gasteiger partial charge in [-0.05, 0) is 38.8 Å². The summed E-state index contributed by atoms with van der Waals surface area (Å²) in [6.07, 6.45) is -0.816. The van der Waals surface area contributed by atoms with Crippen LogP contribution in [0.2, 0.25) is 0 Å². The fraction of sp³-hybridized carbons (Fsp3) is 0.308. The highest BCUT2D eigenvalue weighted by Gasteiger charge is 2.77. The predicted octanol–water partition coefficient (Wildman–Crippen LogP) is 3.29. The smallest absolute Gasteiger partial charge is 0.229 e. The van der Waals surface area contributed by atoms with Crippen LogP contribution >= 0.6 is 0 Å². The zero-order chi connectivity index (χ0) is 23.3. The molecule has 2 N–H and O–H groups in total. The number of ether oxygens (including phenoxy) is 2. The molecule has 166 valence electrons. The van der Waals surface area contributed by atoms with Crippen molar-refractivity contribution in [2.75, 3.05) is 0 Å². The Hall–Kier alpha value is -3.22. The van der Waals surface area contributed by atoms with Crippen LogP contribution in [0, 0.1) is 0 Å². The van der Waals surface area contributed by atoms with Crippen LogP contribution in [0.15, 0.2) is 72.2 Å². The molecular weight excluding hydrogens is 408 g/mol. The van der Waals surface area contributed by atoms with Gasteiger partial charge in [-0.15, -0.1) is 0 Å². The van der Waals surface area contributed by atoms with E-state index in [-0.39, 0.29) is 22.7 Å². The maximum Gasteiger partial charge on any atom is 0.229 e. The van der Waals surface area contributed by atoms with E-state index >= 15 is 0 Å². The molecule has 2 unspecified atom stereocenters. The fourth-order valence-electron chi connectivity index (χ4n) is 4.16. The van der Waals surface area contributed by atoms with Crippen molar-refractivity contribution in [3.63, 3.8) is 0 Å². The zero-order valence-electron chi connectivity index (χ0n) is 18.5. The number of carbonyl (C=O) groups is 2. The third kappa shape index (κ3) is 2.94. The van der Waals surface area contributed by atoms with Crippen LogP contribution < -0.4 is 0 Å². The lowest BCUT2D eigenvalue weighted by Crippen LogP contribution is -2.74. The first-order chi connectivity index (χ1) is 15.1. The maximum atomic E-state index is 13.4. The first-order valence-corrected chi connectivity index (χ1v) is 10.6. The highest BCUT2D eigenvalue weighted by atomic mass is 16.5. The second-order valence-electron chi connectivity index (χ2n) is 8.55. The summed E-state index contributed by atoms with van der Waals surface area (Å²) in [5, 5.41) is 23.2. The third-order valence-corrected chi connectivity index (χ3v) is 5.58. The van der Waals surface area contributed by atoms with E-state index in [0.717, 1.165) is 0 Å². The van der Waals surface area contributed by atoms with Gasteiger partial charge in [-0.25, -0.2) is 0 Å². The average molecular weight is 434 g/mol. The molecule has 0 radical (unpaired) electrons. The Bertz CT molecular complexity index is 1040. The predicted molar refractivity (Wildman–Crippen MR) is 119 cm³/mol. The highest BCUT2D eigenvalue weighted by molar-refractivity contribution is 6.42. The van der Waals surface area contributed by atoms with Crippen molar-refractivity contribution in [1.82, 2.24) is 0 Å². The topological polar surface area (TPSA) is 93.1 Å². The van der Waals surface area contributed by atoms with Crippen LogP contribution in [0.1, 0.15) is 38.8 Å². The van der Waals surface area contributed by atoms with Crippen molar-refractivity contribution < 1.29 is 29.3 Å². The third-order valence-electron chi connectivity index (χ3n) is 5.58. The first-order valence-electron chi connectivity index (χ1n) is 10.6. The Kier molecular flexibility index (Phi) is 5.31. The summed E-state index contributed by atoms with van der Waals surface area (Å²) in [5.74, 6) is -1.83. The highest BCUT2D eigenvalue weighted by Crippen LogP contribution is 2.57. The summed E-state index contributed by atoms with van der Waals surface area (Å²) in [5.41, 5.74) is -3.82. The molecule has 4 rings (SSSR count). The van der Waals surface area contributed by atoms with Crippen molar-refractivity contribution >= 4 is 22.7 Å². The number of carbonyl (C=O) groups excluding carboxylic acids is 2. The second kappa shape index (κ2) is 7.73. The molecule has 0 aliphatic heterocycles. The van der Waals surface area contributed by atoms with Gasteiger partial charge in [-0.3, -0.25) is 9.59 Å². The van der Waals surface area contributed by atoms with E-state index in [9.17, 15) is 19.8 Å². The zero-order valence-corrected chi connectivity index (χ0v) is 18.5. The Morgan fingerprint density at radius 2 is 0.938 bits per heavy atom. The van der Waals surface area contributed by atoms with Gasteiger partial charge < -0.3 is 19.7 Å². The van der Waals surface area contributed by atoms with Gasteiger partial charge in [0.2, 0.25) is 22.8 Å². The number of ketones is 2. The number of hydrogen-bond acceptors (Lipinski definition) is 6. The summed E-state index contributed by atoms with van der Waals surface area (Å²) in [4.78, 5) is 26.7. The summed E-state index contributed by atoms with van der Waals surface area (Å²) in [7, 11) is 0. The van der Waals surface area contributed by atoms with E-state index in [1.54, 1.807) is 88.4 Å². The van der Waals surface area contributed by atoms with E-state index in [0.29, 0.717) is 11.1 Å².